The summed E-state index contributed by atoms with van der Waals surface area (Å²) in [5, 5.41) is 5.93. The quantitative estimate of drug-likeness (QED) is 0.512. The van der Waals surface area contributed by atoms with Crippen molar-refractivity contribution in [3.8, 4) is 0 Å². The maximum absolute atomic E-state index is 5.71. The summed E-state index contributed by atoms with van der Waals surface area (Å²) in [7, 11) is 0. The van der Waals surface area contributed by atoms with Crippen molar-refractivity contribution in [1.82, 2.24) is 10.4 Å². The molecular formula is C22H18BrN3S. The van der Waals surface area contributed by atoms with Crippen molar-refractivity contribution in [2.45, 2.75) is 6.04 Å². The first-order chi connectivity index (χ1) is 13.2. The topological polar surface area (TPSA) is 27.3 Å². The molecular weight excluding hydrogens is 418 g/mol. The minimum absolute atomic E-state index is 0.00276. The molecule has 0 spiro atoms. The molecule has 1 aliphatic heterocycles. The van der Waals surface area contributed by atoms with Crippen molar-refractivity contribution in [3.05, 3.63) is 107 Å². The van der Waals surface area contributed by atoms with Gasteiger partial charge in [0.25, 0.3) is 0 Å². The van der Waals surface area contributed by atoms with Gasteiger partial charge in [0.05, 0.1) is 11.7 Å². The van der Waals surface area contributed by atoms with Crippen LogP contribution in [0.4, 0.5) is 5.69 Å². The van der Waals surface area contributed by atoms with E-state index >= 15 is 0 Å². The number of halogens is 1. The molecule has 0 saturated carbocycles. The van der Waals surface area contributed by atoms with Gasteiger partial charge in [0.1, 0.15) is 0 Å². The summed E-state index contributed by atoms with van der Waals surface area (Å²) in [6.45, 7) is 0. The summed E-state index contributed by atoms with van der Waals surface area (Å²) in [6.07, 6.45) is 2.21. The molecule has 2 N–H and O–H groups in total. The van der Waals surface area contributed by atoms with Crippen molar-refractivity contribution in [3.63, 3.8) is 0 Å². The van der Waals surface area contributed by atoms with E-state index in [0.717, 1.165) is 27.0 Å². The smallest absolute Gasteiger partial charge is 0.193 e. The third-order valence-corrected chi connectivity index (χ3v) is 5.21. The van der Waals surface area contributed by atoms with Crippen LogP contribution in [0.5, 0.6) is 0 Å². The lowest BCUT2D eigenvalue weighted by Crippen LogP contribution is -2.42. The van der Waals surface area contributed by atoms with Gasteiger partial charge in [-0.15, -0.1) is 0 Å². The van der Waals surface area contributed by atoms with E-state index in [4.69, 9.17) is 12.2 Å². The standard InChI is InChI=1S/C22H18BrN3S/c23-18-13-11-17(12-14-18)21-15-20(16-7-3-1-4-8-16)25-26(21)22(27)24-19-9-5-2-6-10-19/h1-15,21,25H,(H,24,27)/t21-/m0/s1. The normalized spacial score (nSPS) is 15.8. The van der Waals surface area contributed by atoms with Crippen LogP contribution >= 0.6 is 28.1 Å². The molecule has 0 aromatic heterocycles. The Balaban J connectivity index is 1.64. The fourth-order valence-corrected chi connectivity index (χ4v) is 3.58. The van der Waals surface area contributed by atoms with Crippen molar-refractivity contribution in [2.24, 2.45) is 0 Å². The van der Waals surface area contributed by atoms with Crippen LogP contribution in [0.3, 0.4) is 0 Å². The molecule has 0 bridgehead atoms. The molecule has 1 aliphatic rings. The predicted octanol–water partition coefficient (Wildman–Crippen LogP) is 5.75. The maximum Gasteiger partial charge on any atom is 0.193 e. The summed E-state index contributed by atoms with van der Waals surface area (Å²) >= 11 is 9.22. The Hall–Kier alpha value is -2.63. The van der Waals surface area contributed by atoms with Gasteiger partial charge in [0.15, 0.2) is 5.11 Å². The van der Waals surface area contributed by atoms with E-state index in [1.54, 1.807) is 0 Å². The Morgan fingerprint density at radius 1 is 0.889 bits per heavy atom. The number of benzene rings is 3. The van der Waals surface area contributed by atoms with Crippen molar-refractivity contribution >= 4 is 44.6 Å². The molecule has 0 radical (unpaired) electrons. The third-order valence-electron chi connectivity index (χ3n) is 4.38. The number of para-hydroxylation sites is 1. The van der Waals surface area contributed by atoms with Gasteiger partial charge in [-0.2, -0.15) is 0 Å². The van der Waals surface area contributed by atoms with E-state index in [1.807, 2.05) is 53.5 Å². The Morgan fingerprint density at radius 3 is 2.19 bits per heavy atom. The van der Waals surface area contributed by atoms with Crippen LogP contribution in [0.25, 0.3) is 5.70 Å². The van der Waals surface area contributed by atoms with Gasteiger partial charge in [-0.1, -0.05) is 76.6 Å². The number of hydrogen-bond acceptors (Lipinski definition) is 2. The molecule has 27 heavy (non-hydrogen) atoms. The molecule has 1 atom stereocenters. The van der Waals surface area contributed by atoms with Crippen LogP contribution < -0.4 is 10.7 Å². The molecule has 0 unspecified atom stereocenters. The van der Waals surface area contributed by atoms with E-state index in [1.165, 1.54) is 0 Å². The lowest BCUT2D eigenvalue weighted by atomic mass is 10.0. The SMILES string of the molecule is S=C(Nc1ccccc1)N1NC(c2ccccc2)=C[C@H]1c1ccc(Br)cc1. The number of nitrogens with zero attached hydrogens (tertiary/aromatic N) is 1. The highest BCUT2D eigenvalue weighted by atomic mass is 79.9. The Labute approximate surface area is 172 Å². The number of hydrazine groups is 1. The number of nitrogens with one attached hydrogen (secondary N) is 2. The summed E-state index contributed by atoms with van der Waals surface area (Å²) in [6, 6.07) is 28.6. The number of anilines is 1. The van der Waals surface area contributed by atoms with Crippen molar-refractivity contribution < 1.29 is 0 Å². The highest BCUT2D eigenvalue weighted by molar-refractivity contribution is 9.10. The van der Waals surface area contributed by atoms with Gasteiger partial charge in [0, 0.05) is 10.2 Å². The fraction of sp³-hybridized carbons (Fsp3) is 0.0455. The summed E-state index contributed by atoms with van der Waals surface area (Å²) in [4.78, 5) is 0. The highest BCUT2D eigenvalue weighted by Gasteiger charge is 2.28. The second-order valence-electron chi connectivity index (χ2n) is 6.22. The van der Waals surface area contributed by atoms with Gasteiger partial charge in [0.2, 0.25) is 0 Å². The number of thiocarbonyl (C=S) groups is 1. The first kappa shape index (κ1) is 17.8. The van der Waals surface area contributed by atoms with Crippen LogP contribution in [0.1, 0.15) is 17.2 Å². The first-order valence-corrected chi connectivity index (χ1v) is 9.85. The molecule has 0 fully saturated rings. The third kappa shape index (κ3) is 4.04. The second kappa shape index (κ2) is 7.94. The molecule has 4 rings (SSSR count). The molecule has 0 aliphatic carbocycles. The molecule has 3 aromatic carbocycles. The van der Waals surface area contributed by atoms with E-state index in [2.05, 4.69) is 69.1 Å². The molecule has 5 heteroatoms. The molecule has 0 amide bonds. The summed E-state index contributed by atoms with van der Waals surface area (Å²) in [5.74, 6) is 0. The van der Waals surface area contributed by atoms with Crippen LogP contribution in [-0.4, -0.2) is 10.1 Å². The fourth-order valence-electron chi connectivity index (χ4n) is 3.04. The van der Waals surface area contributed by atoms with Gasteiger partial charge in [-0.3, -0.25) is 10.4 Å². The Bertz CT molecular complexity index is 956. The molecule has 1 heterocycles. The lowest BCUT2D eigenvalue weighted by Gasteiger charge is -2.28. The van der Waals surface area contributed by atoms with Crippen LogP contribution in [0, 0.1) is 0 Å². The Morgan fingerprint density at radius 2 is 1.52 bits per heavy atom. The van der Waals surface area contributed by atoms with Gasteiger partial charge < -0.3 is 5.32 Å². The monoisotopic (exact) mass is 435 g/mol. The van der Waals surface area contributed by atoms with E-state index in [0.29, 0.717) is 5.11 Å². The van der Waals surface area contributed by atoms with Crippen LogP contribution in [0.15, 0.2) is 95.5 Å². The van der Waals surface area contributed by atoms with Gasteiger partial charge >= 0.3 is 0 Å². The zero-order chi connectivity index (χ0) is 18.6. The predicted molar refractivity (Wildman–Crippen MR) is 119 cm³/mol. The van der Waals surface area contributed by atoms with Crippen LogP contribution in [0.2, 0.25) is 0 Å². The van der Waals surface area contributed by atoms with Crippen LogP contribution in [-0.2, 0) is 0 Å². The average molecular weight is 436 g/mol. The molecule has 3 aromatic rings. The molecule has 134 valence electrons. The largest absolute Gasteiger partial charge is 0.331 e. The highest BCUT2D eigenvalue weighted by Crippen LogP contribution is 2.32. The summed E-state index contributed by atoms with van der Waals surface area (Å²) in [5.41, 5.74) is 7.77. The van der Waals surface area contributed by atoms with E-state index in [-0.39, 0.29) is 6.04 Å². The Kier molecular flexibility index (Phi) is 5.23. The van der Waals surface area contributed by atoms with E-state index < -0.39 is 0 Å². The van der Waals surface area contributed by atoms with Gasteiger partial charge in [-0.25, -0.2) is 0 Å². The molecule has 3 nitrogen and oxygen atoms in total. The second-order valence-corrected chi connectivity index (χ2v) is 7.52. The van der Waals surface area contributed by atoms with E-state index in [9.17, 15) is 0 Å². The minimum atomic E-state index is -0.00276. The maximum atomic E-state index is 5.71. The van der Waals surface area contributed by atoms with Crippen molar-refractivity contribution in [2.75, 3.05) is 5.32 Å². The average Bonchev–Trinajstić information content (AvgIpc) is 3.16. The minimum Gasteiger partial charge on any atom is -0.331 e. The zero-order valence-corrected chi connectivity index (χ0v) is 16.9. The number of hydrogen-bond donors (Lipinski definition) is 2. The van der Waals surface area contributed by atoms with Gasteiger partial charge in [-0.05, 0) is 53.7 Å². The summed E-state index contributed by atoms with van der Waals surface area (Å²) < 4.78 is 1.06. The lowest BCUT2D eigenvalue weighted by molar-refractivity contribution is 0.348. The first-order valence-electron chi connectivity index (χ1n) is 8.65. The number of rotatable bonds is 3. The van der Waals surface area contributed by atoms with Crippen molar-refractivity contribution in [1.29, 1.82) is 0 Å². The molecule has 0 saturated heterocycles. The zero-order valence-electron chi connectivity index (χ0n) is 14.5.